The number of carbonyl (C=O) groups excluding carboxylic acids is 1. The van der Waals surface area contributed by atoms with Crippen molar-refractivity contribution in [3.8, 4) is 0 Å². The van der Waals surface area contributed by atoms with E-state index in [0.717, 1.165) is 18.5 Å². The molecule has 2 aromatic carbocycles. The number of hydrogen-bond donors (Lipinski definition) is 1. The van der Waals surface area contributed by atoms with Crippen LogP contribution in [0.4, 0.5) is 5.69 Å². The average molecular weight is 422 g/mol. The largest absolute Gasteiger partial charge is 0.322 e. The Morgan fingerprint density at radius 1 is 0.967 bits per heavy atom. The molecule has 0 aliphatic carbocycles. The van der Waals surface area contributed by atoms with Gasteiger partial charge < -0.3 is 5.32 Å². The van der Waals surface area contributed by atoms with Crippen molar-refractivity contribution < 1.29 is 13.2 Å². The molecule has 0 spiro atoms. The number of nitrogens with zero attached hydrogens (tertiary/aromatic N) is 2. The van der Waals surface area contributed by atoms with E-state index >= 15 is 0 Å². The van der Waals surface area contributed by atoms with Gasteiger partial charge in [-0.2, -0.15) is 4.31 Å². The number of benzene rings is 2. The smallest absolute Gasteiger partial charge is 0.255 e. The summed E-state index contributed by atoms with van der Waals surface area (Å²) in [5.41, 5.74) is 2.02. The summed E-state index contributed by atoms with van der Waals surface area (Å²) in [4.78, 5) is 17.0. The zero-order valence-electron chi connectivity index (χ0n) is 16.4. The molecule has 1 aliphatic heterocycles. The SMILES string of the molecule is O=C(Nc1ccccc1)c1ccc(S(=O)(=O)N2CCC[C@@H](c3ccccn3)C2)cc1. The first-order valence-electron chi connectivity index (χ1n) is 9.91. The monoisotopic (exact) mass is 421 g/mol. The lowest BCUT2D eigenvalue weighted by Crippen LogP contribution is -2.39. The first-order chi connectivity index (χ1) is 14.5. The van der Waals surface area contributed by atoms with Gasteiger partial charge in [-0.25, -0.2) is 8.42 Å². The Labute approximate surface area is 176 Å². The van der Waals surface area contributed by atoms with Crippen LogP contribution >= 0.6 is 0 Å². The summed E-state index contributed by atoms with van der Waals surface area (Å²) in [6.07, 6.45) is 3.45. The zero-order valence-corrected chi connectivity index (χ0v) is 17.3. The Morgan fingerprint density at radius 3 is 2.40 bits per heavy atom. The van der Waals surface area contributed by atoms with Gasteiger partial charge in [-0.15, -0.1) is 0 Å². The number of hydrogen-bond acceptors (Lipinski definition) is 4. The fraction of sp³-hybridized carbons (Fsp3) is 0.217. The minimum Gasteiger partial charge on any atom is -0.322 e. The quantitative estimate of drug-likeness (QED) is 0.678. The maximum absolute atomic E-state index is 13.1. The van der Waals surface area contributed by atoms with Crippen LogP contribution in [0, 0.1) is 0 Å². The Balaban J connectivity index is 1.48. The molecule has 2 heterocycles. The number of aromatic nitrogens is 1. The number of pyridine rings is 1. The van der Waals surface area contributed by atoms with Crippen molar-refractivity contribution >= 4 is 21.6 Å². The number of amides is 1. The lowest BCUT2D eigenvalue weighted by Gasteiger charge is -2.31. The first-order valence-corrected chi connectivity index (χ1v) is 11.4. The summed E-state index contributed by atoms with van der Waals surface area (Å²) >= 11 is 0. The third-order valence-electron chi connectivity index (χ3n) is 5.28. The Kier molecular flexibility index (Phi) is 5.92. The Morgan fingerprint density at radius 2 is 1.70 bits per heavy atom. The van der Waals surface area contributed by atoms with Gasteiger partial charge in [-0.3, -0.25) is 9.78 Å². The summed E-state index contributed by atoms with van der Waals surface area (Å²) in [5.74, 6) is -0.191. The van der Waals surface area contributed by atoms with Gasteiger partial charge in [-0.05, 0) is 61.4 Å². The number of carbonyl (C=O) groups is 1. The molecule has 1 fully saturated rings. The highest BCUT2D eigenvalue weighted by Crippen LogP contribution is 2.29. The van der Waals surface area contributed by atoms with Crippen LogP contribution < -0.4 is 5.32 Å². The van der Waals surface area contributed by atoms with Crippen molar-refractivity contribution in [1.82, 2.24) is 9.29 Å². The zero-order chi connectivity index (χ0) is 21.0. The van der Waals surface area contributed by atoms with Crippen molar-refractivity contribution in [1.29, 1.82) is 0 Å². The summed E-state index contributed by atoms with van der Waals surface area (Å²) < 4.78 is 27.8. The highest BCUT2D eigenvalue weighted by Gasteiger charge is 2.31. The molecular weight excluding hydrogens is 398 g/mol. The highest BCUT2D eigenvalue weighted by molar-refractivity contribution is 7.89. The minimum absolute atomic E-state index is 0.0886. The molecule has 0 saturated carbocycles. The molecule has 1 atom stereocenters. The van der Waals surface area contributed by atoms with Crippen molar-refractivity contribution in [3.63, 3.8) is 0 Å². The number of rotatable bonds is 5. The second-order valence-corrected chi connectivity index (χ2v) is 9.24. The molecule has 3 aromatic rings. The molecule has 30 heavy (non-hydrogen) atoms. The van der Waals surface area contributed by atoms with Crippen molar-refractivity contribution in [3.05, 3.63) is 90.3 Å². The van der Waals surface area contributed by atoms with E-state index in [1.54, 1.807) is 30.5 Å². The lowest BCUT2D eigenvalue weighted by atomic mass is 9.96. The van der Waals surface area contributed by atoms with Gasteiger partial charge in [0.2, 0.25) is 10.0 Å². The van der Waals surface area contributed by atoms with E-state index in [9.17, 15) is 13.2 Å². The highest BCUT2D eigenvalue weighted by atomic mass is 32.2. The molecular formula is C23H23N3O3S. The summed E-state index contributed by atoms with van der Waals surface area (Å²) in [6, 6.07) is 21.0. The van der Waals surface area contributed by atoms with E-state index in [4.69, 9.17) is 0 Å². The summed E-state index contributed by atoms with van der Waals surface area (Å²) in [7, 11) is -3.63. The van der Waals surface area contributed by atoms with Crippen LogP contribution in [-0.2, 0) is 10.0 Å². The number of anilines is 1. The number of nitrogens with one attached hydrogen (secondary N) is 1. The standard InChI is InChI=1S/C23H23N3O3S/c27-23(25-20-8-2-1-3-9-20)18-11-13-21(14-12-18)30(28,29)26-16-6-7-19(17-26)22-10-4-5-15-24-22/h1-5,8-15,19H,6-7,16-17H2,(H,25,27)/t19-/m1/s1. The average Bonchev–Trinajstić information content (AvgIpc) is 2.80. The van der Waals surface area contributed by atoms with Crippen molar-refractivity contribution in [2.75, 3.05) is 18.4 Å². The third-order valence-corrected chi connectivity index (χ3v) is 7.16. The predicted octanol–water partition coefficient (Wildman–Crippen LogP) is 3.90. The maximum Gasteiger partial charge on any atom is 0.255 e. The molecule has 6 nitrogen and oxygen atoms in total. The Bertz CT molecular complexity index is 1100. The third kappa shape index (κ3) is 4.42. The van der Waals surface area contributed by atoms with Crippen LogP contribution in [-0.4, -0.2) is 36.7 Å². The second-order valence-electron chi connectivity index (χ2n) is 7.30. The Hall–Kier alpha value is -3.03. The lowest BCUT2D eigenvalue weighted by molar-refractivity contribution is 0.102. The van der Waals surface area contributed by atoms with Gasteiger partial charge in [0.15, 0.2) is 0 Å². The van der Waals surface area contributed by atoms with Gasteiger partial charge in [-0.1, -0.05) is 24.3 Å². The van der Waals surface area contributed by atoms with Gasteiger partial charge in [0, 0.05) is 42.1 Å². The molecule has 1 amide bonds. The van der Waals surface area contributed by atoms with Crippen LogP contribution in [0.15, 0.2) is 83.9 Å². The number of sulfonamides is 1. The molecule has 154 valence electrons. The first kappa shape index (κ1) is 20.3. The van der Waals surface area contributed by atoms with Crippen LogP contribution in [0.2, 0.25) is 0 Å². The topological polar surface area (TPSA) is 79.4 Å². The molecule has 0 unspecified atom stereocenters. The minimum atomic E-state index is -3.63. The summed E-state index contributed by atoms with van der Waals surface area (Å²) in [6.45, 7) is 0.900. The van der Waals surface area contributed by atoms with E-state index in [-0.39, 0.29) is 16.7 Å². The van der Waals surface area contributed by atoms with Gasteiger partial charge in [0.25, 0.3) is 5.91 Å². The van der Waals surface area contributed by atoms with E-state index < -0.39 is 10.0 Å². The molecule has 4 rings (SSSR count). The van der Waals surface area contributed by atoms with Crippen LogP contribution in [0.3, 0.4) is 0 Å². The molecule has 1 N–H and O–H groups in total. The molecule has 0 radical (unpaired) electrons. The van der Waals surface area contributed by atoms with Crippen molar-refractivity contribution in [2.24, 2.45) is 0 Å². The molecule has 7 heteroatoms. The molecule has 0 bridgehead atoms. The van der Waals surface area contributed by atoms with E-state index in [1.807, 2.05) is 36.4 Å². The summed E-state index contributed by atoms with van der Waals surface area (Å²) in [5, 5.41) is 2.80. The van der Waals surface area contributed by atoms with E-state index in [2.05, 4.69) is 10.3 Å². The van der Waals surface area contributed by atoms with Crippen LogP contribution in [0.1, 0.15) is 34.8 Å². The van der Waals surface area contributed by atoms with Crippen LogP contribution in [0.5, 0.6) is 0 Å². The van der Waals surface area contributed by atoms with Crippen LogP contribution in [0.25, 0.3) is 0 Å². The van der Waals surface area contributed by atoms with Gasteiger partial charge in [0.05, 0.1) is 4.90 Å². The molecule has 1 aliphatic rings. The van der Waals surface area contributed by atoms with Crippen molar-refractivity contribution in [2.45, 2.75) is 23.7 Å². The fourth-order valence-electron chi connectivity index (χ4n) is 3.67. The fourth-order valence-corrected chi connectivity index (χ4v) is 5.20. The van der Waals surface area contributed by atoms with E-state index in [0.29, 0.717) is 24.3 Å². The molecule has 1 aromatic heterocycles. The second kappa shape index (κ2) is 8.77. The van der Waals surface area contributed by atoms with Gasteiger partial charge >= 0.3 is 0 Å². The number of piperidine rings is 1. The normalized spacial score (nSPS) is 17.4. The maximum atomic E-state index is 13.1. The van der Waals surface area contributed by atoms with E-state index in [1.165, 1.54) is 16.4 Å². The predicted molar refractivity (Wildman–Crippen MR) is 116 cm³/mol. The van der Waals surface area contributed by atoms with Gasteiger partial charge in [0.1, 0.15) is 0 Å². The number of para-hydroxylation sites is 1. The molecule has 1 saturated heterocycles.